The van der Waals surface area contributed by atoms with Crippen LogP contribution in [0.2, 0.25) is 5.02 Å². The lowest BCUT2D eigenvalue weighted by atomic mass is 10.0. The van der Waals surface area contributed by atoms with Crippen LogP contribution in [0.3, 0.4) is 0 Å². The van der Waals surface area contributed by atoms with Crippen LogP contribution in [-0.2, 0) is 30.7 Å². The Morgan fingerprint density at radius 3 is 2.70 bits per heavy atom. The van der Waals surface area contributed by atoms with Crippen LogP contribution >= 0.6 is 11.6 Å². The fourth-order valence-electron chi connectivity index (χ4n) is 5.12. The fourth-order valence-corrected chi connectivity index (χ4v) is 5.35. The van der Waals surface area contributed by atoms with Crippen LogP contribution in [0.4, 0.5) is 0 Å². The van der Waals surface area contributed by atoms with Gasteiger partial charge < -0.3 is 24.8 Å². The van der Waals surface area contributed by atoms with Crippen LogP contribution in [0.25, 0.3) is 0 Å². The number of halogens is 1. The van der Waals surface area contributed by atoms with Crippen molar-refractivity contribution in [2.45, 2.75) is 58.7 Å². The number of hydrogen-bond acceptors (Lipinski definition) is 8. The second-order valence-corrected chi connectivity index (χ2v) is 12.1. The van der Waals surface area contributed by atoms with E-state index in [2.05, 4.69) is 39.9 Å². The van der Waals surface area contributed by atoms with Gasteiger partial charge in [0.1, 0.15) is 23.2 Å². The van der Waals surface area contributed by atoms with E-state index in [0.29, 0.717) is 79.1 Å². The quantitative estimate of drug-likeness (QED) is 0.330. The number of nitrogens with one attached hydrogen (secondary N) is 2. The summed E-state index contributed by atoms with van der Waals surface area (Å²) in [4.78, 5) is 41.8. The predicted octanol–water partition coefficient (Wildman–Crippen LogP) is 4.09. The van der Waals surface area contributed by atoms with Gasteiger partial charge in [-0.25, -0.2) is 0 Å². The van der Waals surface area contributed by atoms with Crippen LogP contribution in [0, 0.1) is 5.92 Å². The Labute approximate surface area is 272 Å². The van der Waals surface area contributed by atoms with Gasteiger partial charge in [0.2, 0.25) is 5.91 Å². The molecule has 6 rings (SSSR count). The number of carbonyl (C=O) groups is 3. The van der Waals surface area contributed by atoms with Crippen molar-refractivity contribution in [1.82, 2.24) is 35.7 Å². The van der Waals surface area contributed by atoms with E-state index < -0.39 is 11.9 Å². The molecule has 3 amide bonds. The first kappa shape index (κ1) is 32.7. The number of rotatable bonds is 5. The van der Waals surface area contributed by atoms with Crippen molar-refractivity contribution in [2.24, 2.45) is 5.92 Å². The minimum Gasteiger partial charge on any atom is -0.492 e. The molecule has 242 valence electrons. The predicted molar refractivity (Wildman–Crippen MR) is 170 cm³/mol. The smallest absolute Gasteiger partial charge is 0.276 e. The first-order valence-corrected chi connectivity index (χ1v) is 15.8. The Bertz CT molecular complexity index is 1640. The van der Waals surface area contributed by atoms with Crippen LogP contribution < -0.4 is 15.4 Å². The summed E-state index contributed by atoms with van der Waals surface area (Å²) in [6, 6.07) is 15.1. The molecule has 12 nitrogen and oxygen atoms in total. The SMILES string of the molecule is CC(C)Cc1cc(C(=O)N2CCCNC(=O)[C@H](Cc3ccccc3)NC(=O)c3ccc(c(Cl)c3)OCCCn3cc(nn3)C2)no1. The van der Waals surface area contributed by atoms with Crippen LogP contribution in [0.15, 0.2) is 65.3 Å². The number of benzene rings is 2. The summed E-state index contributed by atoms with van der Waals surface area (Å²) in [5.41, 5.74) is 2.03. The van der Waals surface area contributed by atoms with Gasteiger partial charge in [-0.15, -0.1) is 5.10 Å². The van der Waals surface area contributed by atoms with Crippen molar-refractivity contribution < 1.29 is 23.6 Å². The third kappa shape index (κ3) is 8.94. The largest absolute Gasteiger partial charge is 0.492 e. The molecule has 0 spiro atoms. The molecule has 0 radical (unpaired) electrons. The maximum atomic E-state index is 13.6. The van der Waals surface area contributed by atoms with Crippen molar-refractivity contribution in [2.75, 3.05) is 19.7 Å². The topological polar surface area (TPSA) is 144 Å². The van der Waals surface area contributed by atoms with Crippen molar-refractivity contribution in [3.8, 4) is 5.75 Å². The zero-order valence-corrected chi connectivity index (χ0v) is 26.7. The van der Waals surface area contributed by atoms with Gasteiger partial charge in [-0.3, -0.25) is 19.1 Å². The van der Waals surface area contributed by atoms with Gasteiger partial charge in [-0.05, 0) is 36.1 Å². The Hall–Kier alpha value is -4.71. The maximum absolute atomic E-state index is 13.6. The maximum Gasteiger partial charge on any atom is 0.276 e. The van der Waals surface area contributed by atoms with E-state index in [-0.39, 0.29) is 30.6 Å². The molecule has 4 aromatic rings. The highest BCUT2D eigenvalue weighted by atomic mass is 35.5. The van der Waals surface area contributed by atoms with Gasteiger partial charge in [0.05, 0.1) is 24.4 Å². The normalized spacial score (nSPS) is 16.8. The summed E-state index contributed by atoms with van der Waals surface area (Å²) in [7, 11) is 0. The number of fused-ring (bicyclic) bond motifs is 14. The Morgan fingerprint density at radius 1 is 1.09 bits per heavy atom. The number of ether oxygens (including phenoxy) is 1. The second kappa shape index (κ2) is 15.5. The zero-order valence-electron chi connectivity index (χ0n) is 25.9. The molecule has 4 bridgehead atoms. The first-order valence-electron chi connectivity index (χ1n) is 15.4. The molecule has 2 aromatic carbocycles. The number of amides is 3. The number of aromatic nitrogens is 4. The summed E-state index contributed by atoms with van der Waals surface area (Å²) in [6.45, 7) is 5.80. The van der Waals surface area contributed by atoms with E-state index in [4.69, 9.17) is 20.9 Å². The molecule has 0 aliphatic carbocycles. The summed E-state index contributed by atoms with van der Waals surface area (Å²) in [6.07, 6.45) is 3.82. The first-order chi connectivity index (χ1) is 22.2. The summed E-state index contributed by atoms with van der Waals surface area (Å²) < 4.78 is 13.0. The average molecular weight is 648 g/mol. The van der Waals surface area contributed by atoms with Crippen LogP contribution in [-0.4, -0.2) is 68.5 Å². The van der Waals surface area contributed by atoms with Crippen LogP contribution in [0.5, 0.6) is 5.75 Å². The van der Waals surface area contributed by atoms with Gasteiger partial charge in [-0.1, -0.05) is 66.2 Å². The molecule has 0 fully saturated rings. The van der Waals surface area contributed by atoms with Crippen molar-refractivity contribution in [3.63, 3.8) is 0 Å². The minimum atomic E-state index is -0.846. The van der Waals surface area contributed by atoms with Gasteiger partial charge in [-0.2, -0.15) is 0 Å². The van der Waals surface area contributed by atoms with E-state index in [1.807, 2.05) is 30.3 Å². The summed E-state index contributed by atoms with van der Waals surface area (Å²) >= 11 is 6.45. The third-order valence-electron chi connectivity index (χ3n) is 7.41. The molecule has 13 heteroatoms. The second-order valence-electron chi connectivity index (χ2n) is 11.7. The number of carbonyl (C=O) groups excluding carboxylic acids is 3. The summed E-state index contributed by atoms with van der Waals surface area (Å²) in [5.74, 6) is 0.359. The number of aryl methyl sites for hydroxylation is 1. The number of nitrogens with zero attached hydrogens (tertiary/aromatic N) is 5. The molecule has 2 aliphatic rings. The molecule has 1 atom stereocenters. The Kier molecular flexibility index (Phi) is 11.0. The van der Waals surface area contributed by atoms with Crippen LogP contribution in [0.1, 0.15) is 64.6 Å². The lowest BCUT2D eigenvalue weighted by Crippen LogP contribution is -2.48. The fraction of sp³-hybridized carbons (Fsp3) is 0.394. The highest BCUT2D eigenvalue weighted by Gasteiger charge is 2.24. The van der Waals surface area contributed by atoms with Gasteiger partial charge >= 0.3 is 0 Å². The molecule has 2 N–H and O–H groups in total. The van der Waals surface area contributed by atoms with Crippen molar-refractivity contribution >= 4 is 29.3 Å². The van der Waals surface area contributed by atoms with E-state index in [9.17, 15) is 14.4 Å². The molecule has 0 saturated heterocycles. The van der Waals surface area contributed by atoms with E-state index in [1.54, 1.807) is 34.0 Å². The Balaban J connectivity index is 1.36. The molecule has 46 heavy (non-hydrogen) atoms. The van der Waals surface area contributed by atoms with E-state index in [1.165, 1.54) is 6.07 Å². The summed E-state index contributed by atoms with van der Waals surface area (Å²) in [5, 5.41) is 18.6. The average Bonchev–Trinajstić information content (AvgIpc) is 3.69. The van der Waals surface area contributed by atoms with Crippen molar-refractivity contribution in [1.29, 1.82) is 0 Å². The lowest BCUT2D eigenvalue weighted by Gasteiger charge is -2.22. The highest BCUT2D eigenvalue weighted by molar-refractivity contribution is 6.32. The molecule has 4 heterocycles. The number of hydrogen-bond donors (Lipinski definition) is 2. The Morgan fingerprint density at radius 2 is 1.91 bits per heavy atom. The van der Waals surface area contributed by atoms with Crippen molar-refractivity contribution in [3.05, 3.63) is 94.1 Å². The standard InChI is InChI=1S/C33H38ClN7O5/c1-22(2)16-26-19-29(38-46-26)33(44)40-13-6-12-35-32(43)28(17-23-8-4-3-5-9-23)36-31(42)24-10-11-30(27(34)18-24)45-15-7-14-41-21-25(20-40)37-39-41/h3-5,8-11,18-19,21-22,28H,6-7,12-17,20H2,1-2H3,(H,35,43)(H,36,42)/t28-/m0/s1. The minimum absolute atomic E-state index is 0.198. The molecule has 2 aromatic heterocycles. The lowest BCUT2D eigenvalue weighted by molar-refractivity contribution is -0.122. The van der Waals surface area contributed by atoms with E-state index >= 15 is 0 Å². The molecule has 2 aliphatic heterocycles. The third-order valence-corrected chi connectivity index (χ3v) is 7.70. The molecular formula is C33H38ClN7O5. The van der Waals surface area contributed by atoms with Gasteiger partial charge in [0.15, 0.2) is 5.69 Å². The molecular weight excluding hydrogens is 610 g/mol. The van der Waals surface area contributed by atoms with E-state index in [0.717, 1.165) is 5.56 Å². The van der Waals surface area contributed by atoms with Gasteiger partial charge in [0.25, 0.3) is 11.8 Å². The molecule has 0 saturated carbocycles. The zero-order chi connectivity index (χ0) is 32.5. The monoisotopic (exact) mass is 647 g/mol. The van der Waals surface area contributed by atoms with Gasteiger partial charge in [0, 0.05) is 50.5 Å². The molecule has 0 unspecified atom stereocenters. The highest BCUT2D eigenvalue weighted by Crippen LogP contribution is 2.26.